The molecule has 6 nitrogen and oxygen atoms in total. The van der Waals surface area contributed by atoms with E-state index in [4.69, 9.17) is 18.9 Å². The van der Waals surface area contributed by atoms with Gasteiger partial charge >= 0.3 is 0 Å². The zero-order valence-corrected chi connectivity index (χ0v) is 16.1. The van der Waals surface area contributed by atoms with Crippen molar-refractivity contribution in [3.05, 3.63) is 47.5 Å². The highest BCUT2D eigenvalue weighted by Crippen LogP contribution is 2.72. The van der Waals surface area contributed by atoms with Gasteiger partial charge in [0.2, 0.25) is 0 Å². The van der Waals surface area contributed by atoms with Gasteiger partial charge in [0.1, 0.15) is 23.9 Å². The fourth-order valence-electron chi connectivity index (χ4n) is 6.47. The average molecular weight is 386 g/mol. The molecule has 0 radical (unpaired) electrons. The molecular weight excluding hydrogens is 360 g/mol. The first-order valence-electron chi connectivity index (χ1n) is 10.1. The van der Waals surface area contributed by atoms with Crippen molar-refractivity contribution in [3.63, 3.8) is 0 Å². The van der Waals surface area contributed by atoms with Crippen molar-refractivity contribution in [3.8, 4) is 0 Å². The lowest BCUT2D eigenvalue weighted by molar-refractivity contribution is -0.356. The summed E-state index contributed by atoms with van der Waals surface area (Å²) in [6.45, 7) is 5.01. The fraction of sp³-hybridized carbons (Fsp3) is 0.636. The molecule has 6 rings (SSSR count). The quantitative estimate of drug-likeness (QED) is 0.565. The summed E-state index contributed by atoms with van der Waals surface area (Å²) in [6, 6.07) is 9.80. The predicted octanol–water partition coefficient (Wildman–Crippen LogP) is 1.72. The van der Waals surface area contributed by atoms with E-state index in [0.717, 1.165) is 11.1 Å². The Kier molecular flexibility index (Phi) is 3.42. The van der Waals surface area contributed by atoms with E-state index in [1.807, 2.05) is 43.3 Å². The third-order valence-electron chi connectivity index (χ3n) is 8.13. The first-order valence-corrected chi connectivity index (χ1v) is 10.1. The number of hydrogen-bond acceptors (Lipinski definition) is 6. The summed E-state index contributed by atoms with van der Waals surface area (Å²) in [5.41, 5.74) is 0.201. The summed E-state index contributed by atoms with van der Waals surface area (Å²) in [5.74, 6) is 0. The first kappa shape index (κ1) is 17.6. The van der Waals surface area contributed by atoms with Gasteiger partial charge < -0.3 is 29.2 Å². The fourth-order valence-corrected chi connectivity index (χ4v) is 6.47. The van der Waals surface area contributed by atoms with Crippen molar-refractivity contribution in [2.45, 2.75) is 62.7 Å². The molecule has 2 N–H and O–H groups in total. The van der Waals surface area contributed by atoms with Crippen LogP contribution in [0.15, 0.2) is 42.0 Å². The van der Waals surface area contributed by atoms with E-state index in [2.05, 4.69) is 6.92 Å². The molecule has 1 saturated carbocycles. The second kappa shape index (κ2) is 5.45. The molecule has 0 amide bonds. The Morgan fingerprint density at radius 1 is 1.04 bits per heavy atom. The molecule has 0 aromatic heterocycles. The third-order valence-corrected chi connectivity index (χ3v) is 8.13. The van der Waals surface area contributed by atoms with Crippen LogP contribution in [0.3, 0.4) is 0 Å². The van der Waals surface area contributed by atoms with Gasteiger partial charge in [0.15, 0.2) is 6.29 Å². The number of epoxide rings is 1. The van der Waals surface area contributed by atoms with Gasteiger partial charge in [-0.25, -0.2) is 0 Å². The van der Waals surface area contributed by atoms with Crippen LogP contribution in [0.2, 0.25) is 0 Å². The minimum absolute atomic E-state index is 0.292. The molecule has 2 spiro atoms. The van der Waals surface area contributed by atoms with Crippen LogP contribution in [-0.2, 0) is 18.9 Å². The van der Waals surface area contributed by atoms with E-state index < -0.39 is 41.0 Å². The number of ether oxygens (including phenoxy) is 4. The van der Waals surface area contributed by atoms with Gasteiger partial charge in [0.25, 0.3) is 0 Å². The van der Waals surface area contributed by atoms with E-state index in [1.54, 1.807) is 0 Å². The number of hydrogen-bond donors (Lipinski definition) is 2. The molecule has 2 aliphatic carbocycles. The standard InChI is InChI=1S/C22H26O6/c1-12-8-15-21(20(2)9-14(23)17(27-15)22(20)11-26-22)10-25-19(28-18(21)16(12)24)13-6-4-3-5-7-13/h3-8,14-19,23-24H,9-11H2,1-2H3/t14-,15-,16-,17?,18-,19?,20-,21-,22?/m1/s1. The SMILES string of the molecule is CC1=C[C@H]2OC3[C@H](O)C[C@@](C)(C34CO4)[C@]23COC(c2ccccc2)O[C@@H]3[C@@H]1O. The maximum atomic E-state index is 11.2. The van der Waals surface area contributed by atoms with Gasteiger partial charge in [-0.2, -0.15) is 0 Å². The number of aliphatic hydroxyl groups is 2. The van der Waals surface area contributed by atoms with Crippen molar-refractivity contribution in [2.75, 3.05) is 13.2 Å². The van der Waals surface area contributed by atoms with Crippen LogP contribution in [0.4, 0.5) is 0 Å². The monoisotopic (exact) mass is 386 g/mol. The molecule has 4 fully saturated rings. The van der Waals surface area contributed by atoms with Crippen LogP contribution in [0.1, 0.15) is 32.1 Å². The van der Waals surface area contributed by atoms with Gasteiger partial charge in [0.05, 0.1) is 30.8 Å². The van der Waals surface area contributed by atoms with E-state index in [9.17, 15) is 10.2 Å². The van der Waals surface area contributed by atoms with Gasteiger partial charge in [-0.05, 0) is 18.9 Å². The molecule has 5 aliphatic rings. The normalized spacial score (nSPS) is 54.1. The maximum Gasteiger partial charge on any atom is 0.184 e. The Morgan fingerprint density at radius 3 is 2.50 bits per heavy atom. The van der Waals surface area contributed by atoms with Crippen molar-refractivity contribution in [1.82, 2.24) is 0 Å². The molecule has 2 bridgehead atoms. The zero-order chi connectivity index (χ0) is 19.3. The maximum absolute atomic E-state index is 11.2. The first-order chi connectivity index (χ1) is 13.4. The van der Waals surface area contributed by atoms with Crippen molar-refractivity contribution < 1.29 is 29.2 Å². The molecule has 1 aromatic rings. The summed E-state index contributed by atoms with van der Waals surface area (Å²) in [5, 5.41) is 21.9. The highest BCUT2D eigenvalue weighted by molar-refractivity contribution is 5.36. The lowest BCUT2D eigenvalue weighted by atomic mass is 9.50. The third kappa shape index (κ3) is 1.85. The zero-order valence-electron chi connectivity index (χ0n) is 16.1. The summed E-state index contributed by atoms with van der Waals surface area (Å²) in [7, 11) is 0. The van der Waals surface area contributed by atoms with Gasteiger partial charge in [-0.3, -0.25) is 0 Å². The smallest absolute Gasteiger partial charge is 0.184 e. The predicted molar refractivity (Wildman–Crippen MR) is 98.3 cm³/mol. The van der Waals surface area contributed by atoms with Gasteiger partial charge in [0, 0.05) is 11.0 Å². The largest absolute Gasteiger partial charge is 0.390 e. The molecule has 3 heterocycles. The second-order valence-electron chi connectivity index (χ2n) is 9.27. The Morgan fingerprint density at radius 2 is 1.79 bits per heavy atom. The van der Waals surface area contributed by atoms with Crippen molar-refractivity contribution in [1.29, 1.82) is 0 Å². The van der Waals surface area contributed by atoms with Crippen molar-refractivity contribution in [2.24, 2.45) is 10.8 Å². The van der Waals surface area contributed by atoms with Crippen LogP contribution in [-0.4, -0.2) is 59.5 Å². The molecule has 3 saturated heterocycles. The molecule has 3 aliphatic heterocycles. The van der Waals surface area contributed by atoms with Gasteiger partial charge in [-0.1, -0.05) is 43.3 Å². The number of benzene rings is 1. The Hall–Kier alpha value is -1.28. The summed E-state index contributed by atoms with van der Waals surface area (Å²) in [6.07, 6.45) is -0.481. The number of aliphatic hydroxyl groups excluding tert-OH is 2. The van der Waals surface area contributed by atoms with E-state index >= 15 is 0 Å². The summed E-state index contributed by atoms with van der Waals surface area (Å²) in [4.78, 5) is 0. The van der Waals surface area contributed by atoms with Gasteiger partial charge in [-0.15, -0.1) is 0 Å². The van der Waals surface area contributed by atoms with Crippen LogP contribution in [0.25, 0.3) is 0 Å². The molecular formula is C22H26O6. The minimum Gasteiger partial charge on any atom is -0.390 e. The van der Waals surface area contributed by atoms with Crippen LogP contribution in [0.5, 0.6) is 0 Å². The Labute approximate surface area is 164 Å². The Balaban J connectivity index is 1.47. The topological polar surface area (TPSA) is 80.7 Å². The lowest BCUT2D eigenvalue weighted by Gasteiger charge is -2.63. The average Bonchev–Trinajstić information content (AvgIpc) is 3.47. The Bertz CT molecular complexity index is 835. The second-order valence-corrected chi connectivity index (χ2v) is 9.27. The van der Waals surface area contributed by atoms with E-state index in [0.29, 0.717) is 19.6 Å². The molecule has 150 valence electrons. The molecule has 28 heavy (non-hydrogen) atoms. The molecule has 3 unspecified atom stereocenters. The van der Waals surface area contributed by atoms with Crippen LogP contribution >= 0.6 is 0 Å². The molecule has 6 heteroatoms. The van der Waals surface area contributed by atoms with Crippen LogP contribution < -0.4 is 0 Å². The lowest BCUT2D eigenvalue weighted by Crippen LogP contribution is -2.73. The molecule has 9 atom stereocenters. The van der Waals surface area contributed by atoms with E-state index in [-0.39, 0.29) is 12.2 Å². The molecule has 1 aromatic carbocycles. The van der Waals surface area contributed by atoms with Crippen molar-refractivity contribution >= 4 is 0 Å². The van der Waals surface area contributed by atoms with E-state index in [1.165, 1.54) is 0 Å². The summed E-state index contributed by atoms with van der Waals surface area (Å²) < 4.78 is 25.1. The number of rotatable bonds is 1. The highest BCUT2D eigenvalue weighted by Gasteiger charge is 2.83. The highest BCUT2D eigenvalue weighted by atomic mass is 16.7. The van der Waals surface area contributed by atoms with Crippen LogP contribution in [0, 0.1) is 10.8 Å². The summed E-state index contributed by atoms with van der Waals surface area (Å²) >= 11 is 0. The minimum atomic E-state index is -0.753.